The molecule has 23 heavy (non-hydrogen) atoms. The molecule has 0 unspecified atom stereocenters. The molecular formula is C15H18Cl2N2O4. The third-order valence-corrected chi connectivity index (χ3v) is 3.79. The second-order valence-corrected chi connectivity index (χ2v) is 5.25. The van der Waals surface area contributed by atoms with E-state index in [0.29, 0.717) is 11.0 Å². The van der Waals surface area contributed by atoms with Crippen LogP contribution in [0.15, 0.2) is 33.5 Å². The third-order valence-electron chi connectivity index (χ3n) is 3.79. The first kappa shape index (κ1) is 19.3. The molecule has 6 nitrogen and oxygen atoms in total. The van der Waals surface area contributed by atoms with Crippen LogP contribution in [0.1, 0.15) is 10.6 Å². The number of halogens is 2. The third kappa shape index (κ3) is 3.96. The van der Waals surface area contributed by atoms with Gasteiger partial charge in [-0.2, -0.15) is 0 Å². The Kier molecular flexibility index (Phi) is 6.44. The zero-order chi connectivity index (χ0) is 15.0. The number of piperazine rings is 1. The van der Waals surface area contributed by atoms with Gasteiger partial charge in [-0.25, -0.2) is 4.79 Å². The Morgan fingerprint density at radius 3 is 2.39 bits per heavy atom. The molecular weight excluding hydrogens is 343 g/mol. The van der Waals surface area contributed by atoms with Crippen LogP contribution in [0, 0.1) is 0 Å². The van der Waals surface area contributed by atoms with Crippen molar-refractivity contribution in [1.82, 2.24) is 4.90 Å². The van der Waals surface area contributed by atoms with Crippen molar-refractivity contribution in [2.24, 2.45) is 0 Å². The summed E-state index contributed by atoms with van der Waals surface area (Å²) in [5, 5.41) is 9.32. The second-order valence-electron chi connectivity index (χ2n) is 5.25. The summed E-state index contributed by atoms with van der Waals surface area (Å²) >= 11 is 0. The first-order valence-corrected chi connectivity index (χ1v) is 6.79. The van der Waals surface area contributed by atoms with Gasteiger partial charge in [-0.1, -0.05) is 0 Å². The van der Waals surface area contributed by atoms with Crippen molar-refractivity contribution in [3.05, 3.63) is 40.2 Å². The maximum Gasteiger partial charge on any atom is 0.371 e. The van der Waals surface area contributed by atoms with Gasteiger partial charge in [0.05, 0.1) is 5.39 Å². The topological polar surface area (TPSA) is 74.0 Å². The summed E-state index contributed by atoms with van der Waals surface area (Å²) in [5.74, 6) is -1.57. The molecule has 0 bridgehead atoms. The number of hydrogen-bond acceptors (Lipinski definition) is 5. The van der Waals surface area contributed by atoms with Crippen LogP contribution in [0.3, 0.4) is 0 Å². The number of aromatic carboxylic acids is 1. The summed E-state index contributed by atoms with van der Waals surface area (Å²) in [6.45, 7) is 3.76. The van der Waals surface area contributed by atoms with Crippen LogP contribution in [-0.4, -0.2) is 49.2 Å². The number of likely N-dealkylation sites (N-methyl/N-ethyl adjacent to an activating group) is 1. The minimum atomic E-state index is -1.24. The zero-order valence-corrected chi connectivity index (χ0v) is 14.2. The molecule has 0 saturated carbocycles. The quantitative estimate of drug-likeness (QED) is 0.883. The Hall–Kier alpha value is -1.76. The highest BCUT2D eigenvalue weighted by molar-refractivity contribution is 5.88. The largest absolute Gasteiger partial charge is 0.475 e. The number of carbonyl (C=O) groups is 1. The van der Waals surface area contributed by atoms with Crippen molar-refractivity contribution in [3.8, 4) is 0 Å². The van der Waals surface area contributed by atoms with Crippen molar-refractivity contribution in [2.45, 2.75) is 0 Å². The number of hydrogen-bond donors (Lipinski definition) is 1. The van der Waals surface area contributed by atoms with E-state index in [9.17, 15) is 9.59 Å². The highest BCUT2D eigenvalue weighted by Gasteiger charge is 2.16. The molecule has 126 valence electrons. The number of benzene rings is 1. The van der Waals surface area contributed by atoms with Gasteiger partial charge in [-0.15, -0.1) is 24.8 Å². The van der Waals surface area contributed by atoms with E-state index in [-0.39, 0.29) is 36.0 Å². The lowest BCUT2D eigenvalue weighted by Crippen LogP contribution is -2.44. The average molecular weight is 361 g/mol. The van der Waals surface area contributed by atoms with E-state index < -0.39 is 5.97 Å². The number of anilines is 1. The first-order chi connectivity index (χ1) is 10.0. The minimum absolute atomic E-state index is 0. The fourth-order valence-electron chi connectivity index (χ4n) is 2.51. The van der Waals surface area contributed by atoms with Gasteiger partial charge in [0.1, 0.15) is 5.58 Å². The monoisotopic (exact) mass is 360 g/mol. The van der Waals surface area contributed by atoms with Crippen LogP contribution in [-0.2, 0) is 0 Å². The van der Waals surface area contributed by atoms with Crippen LogP contribution in [0.2, 0.25) is 0 Å². The van der Waals surface area contributed by atoms with Crippen LogP contribution in [0.4, 0.5) is 5.69 Å². The zero-order valence-electron chi connectivity index (χ0n) is 12.5. The molecule has 1 aromatic heterocycles. The van der Waals surface area contributed by atoms with Crippen molar-refractivity contribution in [1.29, 1.82) is 0 Å². The molecule has 0 spiro atoms. The van der Waals surface area contributed by atoms with Gasteiger partial charge in [0.25, 0.3) is 0 Å². The summed E-state index contributed by atoms with van der Waals surface area (Å²) < 4.78 is 5.24. The Morgan fingerprint density at radius 1 is 1.13 bits per heavy atom. The average Bonchev–Trinajstić information content (AvgIpc) is 2.47. The second kappa shape index (κ2) is 7.68. The van der Waals surface area contributed by atoms with Crippen molar-refractivity contribution < 1.29 is 14.3 Å². The highest BCUT2D eigenvalue weighted by Crippen LogP contribution is 2.22. The van der Waals surface area contributed by atoms with Crippen LogP contribution in [0.25, 0.3) is 11.0 Å². The lowest BCUT2D eigenvalue weighted by Gasteiger charge is -2.34. The molecule has 1 aliphatic heterocycles. The normalized spacial score (nSPS) is 14.9. The van der Waals surface area contributed by atoms with E-state index in [2.05, 4.69) is 16.8 Å². The maximum absolute atomic E-state index is 12.0. The number of rotatable bonds is 2. The number of nitrogens with zero attached hydrogens (tertiary/aromatic N) is 2. The maximum atomic E-state index is 12.0. The summed E-state index contributed by atoms with van der Waals surface area (Å²) in [7, 11) is 2.08. The van der Waals surface area contributed by atoms with Crippen LogP contribution in [0.5, 0.6) is 0 Å². The smallest absolute Gasteiger partial charge is 0.371 e. The van der Waals surface area contributed by atoms with Gasteiger partial charge < -0.3 is 19.3 Å². The number of fused-ring (bicyclic) bond motifs is 1. The molecule has 8 heteroatoms. The van der Waals surface area contributed by atoms with Crippen molar-refractivity contribution in [3.63, 3.8) is 0 Å². The number of carboxylic acids is 1. The van der Waals surface area contributed by atoms with Crippen LogP contribution < -0.4 is 10.3 Å². The Bertz CT molecular complexity index is 755. The molecule has 0 aliphatic carbocycles. The number of carboxylic acid groups (broad SMARTS) is 1. The molecule has 2 aromatic rings. The summed E-state index contributed by atoms with van der Waals surface area (Å²) in [4.78, 5) is 27.4. The SMILES string of the molecule is CN1CCN(c2ccc3oc(C(=O)O)cc(=O)c3c2)CC1.Cl.Cl. The Balaban J connectivity index is 0.00000132. The van der Waals surface area contributed by atoms with E-state index in [1.54, 1.807) is 12.1 Å². The predicted octanol–water partition coefficient (Wildman–Crippen LogP) is 2.09. The van der Waals surface area contributed by atoms with E-state index >= 15 is 0 Å². The molecule has 1 aromatic carbocycles. The fourth-order valence-corrected chi connectivity index (χ4v) is 2.51. The summed E-state index contributed by atoms with van der Waals surface area (Å²) in [6.07, 6.45) is 0. The van der Waals surface area contributed by atoms with Crippen LogP contribution >= 0.6 is 24.8 Å². The minimum Gasteiger partial charge on any atom is -0.475 e. The highest BCUT2D eigenvalue weighted by atomic mass is 35.5. The Morgan fingerprint density at radius 2 is 1.78 bits per heavy atom. The van der Waals surface area contributed by atoms with Crippen molar-refractivity contribution in [2.75, 3.05) is 38.1 Å². The van der Waals surface area contributed by atoms with E-state index in [1.807, 2.05) is 6.07 Å². The van der Waals surface area contributed by atoms with Gasteiger partial charge in [0.2, 0.25) is 5.76 Å². The van der Waals surface area contributed by atoms with E-state index in [0.717, 1.165) is 37.9 Å². The van der Waals surface area contributed by atoms with Gasteiger partial charge >= 0.3 is 5.97 Å². The predicted molar refractivity (Wildman–Crippen MR) is 93.6 cm³/mol. The lowest BCUT2D eigenvalue weighted by atomic mass is 10.1. The standard InChI is InChI=1S/C15H16N2O4.2ClH/c1-16-4-6-17(7-5-16)10-2-3-13-11(8-10)12(18)9-14(21-13)15(19)20;;/h2-3,8-9H,4-7H2,1H3,(H,19,20);2*1H. The van der Waals surface area contributed by atoms with Gasteiger partial charge in [0.15, 0.2) is 5.43 Å². The molecule has 0 radical (unpaired) electrons. The molecule has 1 saturated heterocycles. The van der Waals surface area contributed by atoms with Crippen molar-refractivity contribution >= 4 is 47.4 Å². The summed E-state index contributed by atoms with van der Waals surface area (Å²) in [5.41, 5.74) is 0.938. The molecule has 0 amide bonds. The van der Waals surface area contributed by atoms with E-state index in [1.165, 1.54) is 0 Å². The molecule has 3 rings (SSSR count). The van der Waals surface area contributed by atoms with Gasteiger partial charge in [-0.05, 0) is 25.2 Å². The molecule has 0 atom stereocenters. The fraction of sp³-hybridized carbons (Fsp3) is 0.333. The van der Waals surface area contributed by atoms with E-state index in [4.69, 9.17) is 9.52 Å². The van der Waals surface area contributed by atoms with Gasteiger partial charge in [-0.3, -0.25) is 4.79 Å². The molecule has 1 N–H and O–H groups in total. The summed E-state index contributed by atoms with van der Waals surface area (Å²) in [6, 6.07) is 6.33. The molecule has 2 heterocycles. The first-order valence-electron chi connectivity index (χ1n) is 6.79. The van der Waals surface area contributed by atoms with Gasteiger partial charge in [0, 0.05) is 37.9 Å². The molecule has 1 aliphatic rings. The lowest BCUT2D eigenvalue weighted by molar-refractivity contribution is 0.0663. The molecule has 1 fully saturated rings. The Labute approximate surface area is 145 Å².